The van der Waals surface area contributed by atoms with Gasteiger partial charge in [-0.3, -0.25) is 4.79 Å². The van der Waals surface area contributed by atoms with Crippen molar-refractivity contribution in [1.82, 2.24) is 4.90 Å². The van der Waals surface area contributed by atoms with Gasteiger partial charge >= 0.3 is 5.97 Å². The molecule has 0 aliphatic carbocycles. The normalized spacial score (nSPS) is 13.1. The predicted molar refractivity (Wildman–Crippen MR) is 75.1 cm³/mol. The first-order chi connectivity index (χ1) is 9.20. The second-order valence-electron chi connectivity index (χ2n) is 3.81. The van der Waals surface area contributed by atoms with Gasteiger partial charge in [-0.15, -0.1) is 0 Å². The van der Waals surface area contributed by atoms with Gasteiger partial charge in [-0.05, 0) is 26.1 Å². The standard InChI is InChI=1S/C7H11N.C7H14O4/c1-2-8-6-4-3-5-7-8;1-2-10-5-6-11-4-3-7(8)9/h3-6H,2,7H2,1H3;2-6H2,1H3,(H,8,9). The third-order valence-electron chi connectivity index (χ3n) is 2.33. The fourth-order valence-electron chi connectivity index (χ4n) is 1.27. The highest BCUT2D eigenvalue weighted by Crippen LogP contribution is 1.95. The number of allylic oxidation sites excluding steroid dienone is 2. The van der Waals surface area contributed by atoms with Crippen LogP contribution in [0.2, 0.25) is 0 Å². The molecule has 0 aromatic carbocycles. The lowest BCUT2D eigenvalue weighted by Gasteiger charge is -2.16. The first-order valence-electron chi connectivity index (χ1n) is 6.65. The Bertz CT molecular complexity index is 277. The van der Waals surface area contributed by atoms with E-state index in [1.807, 2.05) is 6.92 Å². The number of rotatable bonds is 8. The molecule has 1 rings (SSSR count). The third kappa shape index (κ3) is 12.9. The van der Waals surface area contributed by atoms with E-state index in [9.17, 15) is 4.79 Å². The molecule has 1 N–H and O–H groups in total. The molecule has 0 unspecified atom stereocenters. The summed E-state index contributed by atoms with van der Waals surface area (Å²) in [6, 6.07) is 0. The summed E-state index contributed by atoms with van der Waals surface area (Å²) in [7, 11) is 0. The molecule has 0 fully saturated rings. The molecular weight excluding hydrogens is 246 g/mol. The van der Waals surface area contributed by atoms with Gasteiger partial charge in [0.05, 0.1) is 26.2 Å². The van der Waals surface area contributed by atoms with E-state index < -0.39 is 5.97 Å². The van der Waals surface area contributed by atoms with E-state index in [1.165, 1.54) is 0 Å². The zero-order valence-corrected chi connectivity index (χ0v) is 11.9. The van der Waals surface area contributed by atoms with Crippen LogP contribution in [-0.4, -0.2) is 55.5 Å². The molecule has 1 aliphatic heterocycles. The molecule has 0 atom stereocenters. The highest BCUT2D eigenvalue weighted by molar-refractivity contribution is 5.66. The molecule has 0 saturated heterocycles. The van der Waals surface area contributed by atoms with Gasteiger partial charge in [-0.1, -0.05) is 12.2 Å². The molecule has 110 valence electrons. The Hall–Kier alpha value is -1.33. The molecule has 19 heavy (non-hydrogen) atoms. The minimum atomic E-state index is -0.832. The fraction of sp³-hybridized carbons (Fsp3) is 0.643. The summed E-state index contributed by atoms with van der Waals surface area (Å²) in [4.78, 5) is 12.2. The van der Waals surface area contributed by atoms with Crippen molar-refractivity contribution < 1.29 is 19.4 Å². The van der Waals surface area contributed by atoms with Crippen LogP contribution >= 0.6 is 0 Å². The number of carboxylic acids is 1. The molecule has 5 nitrogen and oxygen atoms in total. The van der Waals surface area contributed by atoms with Crippen molar-refractivity contribution in [2.45, 2.75) is 20.3 Å². The summed E-state index contributed by atoms with van der Waals surface area (Å²) in [5, 5.41) is 8.20. The smallest absolute Gasteiger partial charge is 0.305 e. The number of aliphatic carboxylic acids is 1. The van der Waals surface area contributed by atoms with Gasteiger partial charge < -0.3 is 19.5 Å². The van der Waals surface area contributed by atoms with Crippen LogP contribution in [0.5, 0.6) is 0 Å². The summed E-state index contributed by atoms with van der Waals surface area (Å²) in [5.74, 6) is -0.832. The van der Waals surface area contributed by atoms with Crippen LogP contribution in [0.1, 0.15) is 20.3 Å². The molecule has 1 aliphatic rings. The number of nitrogens with zero attached hydrogens (tertiary/aromatic N) is 1. The molecule has 0 amide bonds. The first-order valence-corrected chi connectivity index (χ1v) is 6.65. The van der Waals surface area contributed by atoms with Gasteiger partial charge in [-0.2, -0.15) is 0 Å². The van der Waals surface area contributed by atoms with Crippen LogP contribution in [0.25, 0.3) is 0 Å². The van der Waals surface area contributed by atoms with E-state index in [1.54, 1.807) is 0 Å². The van der Waals surface area contributed by atoms with E-state index in [2.05, 4.69) is 36.3 Å². The highest BCUT2D eigenvalue weighted by atomic mass is 16.5. The van der Waals surface area contributed by atoms with Gasteiger partial charge in [0, 0.05) is 19.7 Å². The van der Waals surface area contributed by atoms with Gasteiger partial charge in [0.1, 0.15) is 0 Å². The maximum atomic E-state index is 9.98. The summed E-state index contributed by atoms with van der Waals surface area (Å²) in [5.41, 5.74) is 0. The van der Waals surface area contributed by atoms with Crippen LogP contribution in [0, 0.1) is 0 Å². The quantitative estimate of drug-likeness (QED) is 0.683. The van der Waals surface area contributed by atoms with Gasteiger partial charge in [0.15, 0.2) is 0 Å². The number of carboxylic acid groups (broad SMARTS) is 1. The Labute approximate surface area is 115 Å². The highest BCUT2D eigenvalue weighted by Gasteiger charge is 1.95. The zero-order valence-electron chi connectivity index (χ0n) is 11.9. The average Bonchev–Trinajstić information content (AvgIpc) is 2.44. The van der Waals surface area contributed by atoms with Crippen molar-refractivity contribution >= 4 is 5.97 Å². The average molecular weight is 271 g/mol. The molecule has 0 radical (unpaired) electrons. The number of hydrogen-bond acceptors (Lipinski definition) is 4. The van der Waals surface area contributed by atoms with E-state index in [4.69, 9.17) is 14.6 Å². The number of hydrogen-bond donors (Lipinski definition) is 1. The van der Waals surface area contributed by atoms with Crippen LogP contribution in [-0.2, 0) is 14.3 Å². The minimum Gasteiger partial charge on any atom is -0.481 e. The second kappa shape index (κ2) is 13.1. The molecular formula is C14H25NO4. The maximum absolute atomic E-state index is 9.98. The van der Waals surface area contributed by atoms with Crippen molar-refractivity contribution in [3.63, 3.8) is 0 Å². The summed E-state index contributed by atoms with van der Waals surface area (Å²) in [6.07, 6.45) is 8.47. The Morgan fingerprint density at radius 2 is 1.95 bits per heavy atom. The number of likely N-dealkylation sites (N-methyl/N-ethyl adjacent to an activating group) is 1. The maximum Gasteiger partial charge on any atom is 0.305 e. The Balaban J connectivity index is 0.000000356. The summed E-state index contributed by atoms with van der Waals surface area (Å²) in [6.45, 7) is 8.19. The lowest BCUT2D eigenvalue weighted by atomic mass is 10.3. The predicted octanol–water partition coefficient (Wildman–Crippen LogP) is 1.91. The van der Waals surface area contributed by atoms with Crippen molar-refractivity contribution in [2.24, 2.45) is 0 Å². The van der Waals surface area contributed by atoms with Crippen molar-refractivity contribution in [3.8, 4) is 0 Å². The van der Waals surface area contributed by atoms with Crippen LogP contribution in [0.4, 0.5) is 0 Å². The van der Waals surface area contributed by atoms with E-state index in [-0.39, 0.29) is 13.0 Å². The van der Waals surface area contributed by atoms with Crippen LogP contribution in [0.3, 0.4) is 0 Å². The number of ether oxygens (including phenoxy) is 2. The van der Waals surface area contributed by atoms with E-state index in [0.717, 1.165) is 13.1 Å². The largest absolute Gasteiger partial charge is 0.481 e. The fourth-order valence-corrected chi connectivity index (χ4v) is 1.27. The van der Waals surface area contributed by atoms with Crippen molar-refractivity contribution in [3.05, 3.63) is 24.4 Å². The minimum absolute atomic E-state index is 0.0616. The third-order valence-corrected chi connectivity index (χ3v) is 2.33. The molecule has 0 aromatic heterocycles. The van der Waals surface area contributed by atoms with Crippen molar-refractivity contribution in [1.29, 1.82) is 0 Å². The van der Waals surface area contributed by atoms with Crippen LogP contribution in [0.15, 0.2) is 24.4 Å². The lowest BCUT2D eigenvalue weighted by molar-refractivity contribution is -0.138. The monoisotopic (exact) mass is 271 g/mol. The SMILES string of the molecule is CCN1C=CC=CC1.CCOCCOCCC(=O)O. The molecule has 5 heteroatoms. The molecule has 0 saturated carbocycles. The summed E-state index contributed by atoms with van der Waals surface area (Å²) < 4.78 is 9.91. The van der Waals surface area contributed by atoms with Gasteiger partial charge in [0.2, 0.25) is 0 Å². The van der Waals surface area contributed by atoms with E-state index >= 15 is 0 Å². The van der Waals surface area contributed by atoms with E-state index in [0.29, 0.717) is 19.8 Å². The first kappa shape index (κ1) is 17.7. The van der Waals surface area contributed by atoms with Gasteiger partial charge in [-0.25, -0.2) is 0 Å². The Morgan fingerprint density at radius 3 is 2.42 bits per heavy atom. The Morgan fingerprint density at radius 1 is 1.21 bits per heavy atom. The second-order valence-corrected chi connectivity index (χ2v) is 3.81. The topological polar surface area (TPSA) is 59.0 Å². The Kier molecular flexibility index (Phi) is 12.2. The summed E-state index contributed by atoms with van der Waals surface area (Å²) >= 11 is 0. The van der Waals surface area contributed by atoms with Crippen LogP contribution < -0.4 is 0 Å². The number of carbonyl (C=O) groups is 1. The molecule has 0 spiro atoms. The molecule has 0 aromatic rings. The lowest BCUT2D eigenvalue weighted by Crippen LogP contribution is -2.17. The zero-order chi connectivity index (χ0) is 14.3. The van der Waals surface area contributed by atoms with Gasteiger partial charge in [0.25, 0.3) is 0 Å². The van der Waals surface area contributed by atoms with Crippen molar-refractivity contribution in [2.75, 3.05) is 39.5 Å². The molecule has 0 bridgehead atoms. The molecule has 1 heterocycles.